The summed E-state index contributed by atoms with van der Waals surface area (Å²) >= 11 is 0. The van der Waals surface area contributed by atoms with E-state index >= 15 is 0 Å². The van der Waals surface area contributed by atoms with Crippen LogP contribution in [-0.2, 0) is 22.4 Å². The first-order chi connectivity index (χ1) is 29.2. The van der Waals surface area contributed by atoms with Gasteiger partial charge < -0.3 is 32.9 Å². The van der Waals surface area contributed by atoms with Crippen LogP contribution >= 0.6 is 0 Å². The highest BCUT2D eigenvalue weighted by Crippen LogP contribution is 2.29. The molecular formula is C45H44N12O4. The van der Waals surface area contributed by atoms with Crippen LogP contribution in [0.25, 0.3) is 44.1 Å². The monoisotopic (exact) mass is 816 g/mol. The first-order valence-electron chi connectivity index (χ1n) is 19.2. The number of pyridine rings is 2. The predicted octanol–water partition coefficient (Wildman–Crippen LogP) is 7.64. The summed E-state index contributed by atoms with van der Waals surface area (Å²) in [6.45, 7) is 5.48. The van der Waals surface area contributed by atoms with E-state index in [0.29, 0.717) is 34.6 Å². The Morgan fingerprint density at radius 3 is 1.46 bits per heavy atom. The van der Waals surface area contributed by atoms with Crippen LogP contribution in [0, 0.1) is 0 Å². The molecule has 0 aliphatic rings. The Kier molecular flexibility index (Phi) is 11.6. The molecule has 16 nitrogen and oxygen atoms in total. The van der Waals surface area contributed by atoms with Crippen LogP contribution < -0.4 is 32.7 Å². The Hall–Kier alpha value is -8.27. The standard InChI is InChI=1S/C25H26N6O3.C20H18N6O/c1-25(2,3)31(24(33)34)18-7-4-15(5-8-18)12-22(32)28-21-14-17(10-11-27-21)16-6-9-20-19(13-16)23(26)30-29-20;21-15-4-1-12(2-5-15)9-19(27)24-18-11-14(7-8-23-18)13-3-6-17-16(10-13)20(22)26-25-17/h4-11,13-14H,12H2,1-3H3,(H,33,34)(H3,26,29,30)(H,27,28,32);1-8,10-11H,9,21H2,(H3,22,25,26)(H,23,24,27). The van der Waals surface area contributed by atoms with Crippen LogP contribution in [0.2, 0.25) is 0 Å². The number of nitrogen functional groups attached to an aromatic ring is 3. The number of carbonyl (C=O) groups excluding carboxylic acids is 2. The lowest BCUT2D eigenvalue weighted by molar-refractivity contribution is -0.116. The van der Waals surface area contributed by atoms with Crippen molar-refractivity contribution in [3.63, 3.8) is 0 Å². The van der Waals surface area contributed by atoms with Crippen LogP contribution in [0.4, 0.5) is 39.4 Å². The number of nitrogens with zero attached hydrogens (tertiary/aromatic N) is 5. The minimum absolute atomic E-state index is 0.131. The second kappa shape index (κ2) is 17.3. The molecule has 0 atom stereocenters. The van der Waals surface area contributed by atoms with Gasteiger partial charge in [0.15, 0.2) is 11.6 Å². The third kappa shape index (κ3) is 9.89. The number of benzene rings is 4. The largest absolute Gasteiger partial charge is 0.465 e. The van der Waals surface area contributed by atoms with Gasteiger partial charge in [0.05, 0.1) is 23.9 Å². The molecule has 11 N–H and O–H groups in total. The van der Waals surface area contributed by atoms with E-state index in [-0.39, 0.29) is 24.7 Å². The van der Waals surface area contributed by atoms with Crippen LogP contribution in [-0.4, -0.2) is 58.9 Å². The van der Waals surface area contributed by atoms with Gasteiger partial charge in [0.1, 0.15) is 11.6 Å². The number of nitrogens with two attached hydrogens (primary N) is 3. The molecule has 4 aromatic carbocycles. The third-order valence-electron chi connectivity index (χ3n) is 9.67. The number of hydrogen-bond donors (Lipinski definition) is 8. The number of fused-ring (bicyclic) bond motifs is 2. The molecule has 0 fully saturated rings. The van der Waals surface area contributed by atoms with Crippen LogP contribution in [0.15, 0.2) is 122 Å². The molecule has 8 aromatic rings. The summed E-state index contributed by atoms with van der Waals surface area (Å²) in [4.78, 5) is 46.3. The molecule has 308 valence electrons. The van der Waals surface area contributed by atoms with E-state index in [0.717, 1.165) is 55.2 Å². The van der Waals surface area contributed by atoms with E-state index in [1.165, 1.54) is 4.90 Å². The lowest BCUT2D eigenvalue weighted by Gasteiger charge is -2.33. The van der Waals surface area contributed by atoms with Gasteiger partial charge in [0.25, 0.3) is 0 Å². The molecule has 61 heavy (non-hydrogen) atoms. The average molecular weight is 817 g/mol. The number of H-pyrrole nitrogens is 2. The Bertz CT molecular complexity index is 2860. The van der Waals surface area contributed by atoms with E-state index in [1.54, 1.807) is 54.9 Å². The van der Waals surface area contributed by atoms with Crippen LogP contribution in [0.1, 0.15) is 31.9 Å². The number of nitrogens with one attached hydrogen (secondary N) is 4. The van der Waals surface area contributed by atoms with Crippen molar-refractivity contribution in [1.29, 1.82) is 0 Å². The molecule has 0 bridgehead atoms. The zero-order valence-electron chi connectivity index (χ0n) is 33.6. The summed E-state index contributed by atoms with van der Waals surface area (Å²) in [7, 11) is 0. The van der Waals surface area contributed by atoms with Crippen molar-refractivity contribution in [2.75, 3.05) is 32.7 Å². The zero-order chi connectivity index (χ0) is 43.3. The molecule has 4 aromatic heterocycles. The first-order valence-corrected chi connectivity index (χ1v) is 19.2. The zero-order valence-corrected chi connectivity index (χ0v) is 33.6. The second-order valence-corrected chi connectivity index (χ2v) is 15.2. The highest BCUT2D eigenvalue weighted by molar-refractivity contribution is 5.96. The van der Waals surface area contributed by atoms with Crippen molar-refractivity contribution in [3.8, 4) is 22.3 Å². The fraction of sp³-hybridized carbons (Fsp3) is 0.133. The fourth-order valence-electron chi connectivity index (χ4n) is 6.71. The van der Waals surface area contributed by atoms with Gasteiger partial charge in [-0.15, -0.1) is 0 Å². The normalized spacial score (nSPS) is 11.1. The quantitative estimate of drug-likeness (QED) is 0.0656. The van der Waals surface area contributed by atoms with Crippen LogP contribution in [0.3, 0.4) is 0 Å². The summed E-state index contributed by atoms with van der Waals surface area (Å²) in [5.74, 6) is 1.45. The predicted molar refractivity (Wildman–Crippen MR) is 240 cm³/mol. The van der Waals surface area contributed by atoms with Crippen molar-refractivity contribution in [2.45, 2.75) is 39.2 Å². The molecule has 0 aliphatic heterocycles. The number of anilines is 6. The first kappa shape index (κ1) is 40.9. The van der Waals surface area contributed by atoms with Gasteiger partial charge in [-0.25, -0.2) is 14.8 Å². The molecule has 0 radical (unpaired) electrons. The Balaban J connectivity index is 0.000000189. The summed E-state index contributed by atoms with van der Waals surface area (Å²) in [6, 6.07) is 33.2. The average Bonchev–Trinajstić information content (AvgIpc) is 3.79. The molecule has 0 saturated carbocycles. The summed E-state index contributed by atoms with van der Waals surface area (Å²) in [5.41, 5.74) is 25.2. The Labute approximate surface area is 350 Å². The number of carbonyl (C=O) groups is 3. The molecule has 16 heteroatoms. The summed E-state index contributed by atoms with van der Waals surface area (Å²) in [6.07, 6.45) is 2.65. The molecule has 0 saturated heterocycles. The topological polar surface area (TPSA) is 260 Å². The summed E-state index contributed by atoms with van der Waals surface area (Å²) < 4.78 is 0. The van der Waals surface area contributed by atoms with Crippen LogP contribution in [0.5, 0.6) is 0 Å². The number of carboxylic acid groups (broad SMARTS) is 1. The van der Waals surface area contributed by atoms with Gasteiger partial charge >= 0.3 is 6.09 Å². The number of aromatic amines is 2. The van der Waals surface area contributed by atoms with Gasteiger partial charge in [-0.2, -0.15) is 10.2 Å². The molecule has 0 spiro atoms. The molecule has 3 amide bonds. The number of amides is 3. The molecule has 8 rings (SSSR count). The smallest absolute Gasteiger partial charge is 0.412 e. The van der Waals surface area contributed by atoms with E-state index in [2.05, 4.69) is 41.0 Å². The van der Waals surface area contributed by atoms with E-state index in [4.69, 9.17) is 17.2 Å². The lowest BCUT2D eigenvalue weighted by atomic mass is 10.0. The van der Waals surface area contributed by atoms with E-state index in [1.807, 2.05) is 87.5 Å². The Morgan fingerprint density at radius 1 is 0.607 bits per heavy atom. The SMILES string of the molecule is CC(C)(C)N(C(=O)O)c1ccc(CC(=O)Nc2cc(-c3ccc4[nH]nc(N)c4c3)ccn2)cc1.Nc1ccc(CC(=O)Nc2cc(-c3ccc4[nH]nc(N)c4c3)ccn2)cc1. The van der Waals surface area contributed by atoms with Crippen molar-refractivity contribution in [2.24, 2.45) is 0 Å². The van der Waals surface area contributed by atoms with Gasteiger partial charge in [0, 0.05) is 40.1 Å². The third-order valence-corrected chi connectivity index (χ3v) is 9.67. The maximum absolute atomic E-state index is 12.6. The van der Waals surface area contributed by atoms with Gasteiger partial charge in [0.2, 0.25) is 11.8 Å². The number of rotatable bonds is 9. The maximum atomic E-state index is 12.6. The van der Waals surface area contributed by atoms with Gasteiger partial charge in [-0.3, -0.25) is 24.7 Å². The minimum atomic E-state index is -1.03. The second-order valence-electron chi connectivity index (χ2n) is 15.2. The molecule has 0 unspecified atom stereocenters. The van der Waals surface area contributed by atoms with Crippen molar-refractivity contribution in [3.05, 3.63) is 133 Å². The van der Waals surface area contributed by atoms with Crippen molar-refractivity contribution < 1.29 is 19.5 Å². The van der Waals surface area contributed by atoms with E-state index in [9.17, 15) is 19.5 Å². The minimum Gasteiger partial charge on any atom is -0.465 e. The Morgan fingerprint density at radius 2 is 1.03 bits per heavy atom. The number of hydrogen-bond acceptors (Lipinski definition) is 10. The van der Waals surface area contributed by atoms with Crippen molar-refractivity contribution >= 4 is 74.4 Å². The van der Waals surface area contributed by atoms with Gasteiger partial charge in [-0.05, 0) is 127 Å². The highest BCUT2D eigenvalue weighted by atomic mass is 16.4. The maximum Gasteiger partial charge on any atom is 0.412 e. The number of aromatic nitrogens is 6. The lowest BCUT2D eigenvalue weighted by Crippen LogP contribution is -2.45. The molecule has 0 aliphatic carbocycles. The van der Waals surface area contributed by atoms with Gasteiger partial charge in [-0.1, -0.05) is 36.4 Å². The van der Waals surface area contributed by atoms with E-state index < -0.39 is 11.6 Å². The van der Waals surface area contributed by atoms with Crippen molar-refractivity contribution in [1.82, 2.24) is 30.4 Å². The molecule has 4 heterocycles. The molecular weight excluding hydrogens is 773 g/mol. The highest BCUT2D eigenvalue weighted by Gasteiger charge is 2.27. The fourth-order valence-corrected chi connectivity index (χ4v) is 6.71. The summed E-state index contributed by atoms with van der Waals surface area (Å²) in [5, 5.41) is 30.7.